The fraction of sp³-hybridized carbons (Fsp3) is 0.440. The molecule has 0 spiro atoms. The first-order valence-corrected chi connectivity index (χ1v) is 28.4. The summed E-state index contributed by atoms with van der Waals surface area (Å²) >= 11 is -1.61. The number of hydrogen-bond donors (Lipinski definition) is 0. The van der Waals surface area contributed by atoms with Gasteiger partial charge in [-0.1, -0.05) is 139 Å². The number of rotatable bonds is 6. The Morgan fingerprint density at radius 3 is 1.32 bits per heavy atom. The molecule has 0 unspecified atom stereocenters. The van der Waals surface area contributed by atoms with E-state index in [0.717, 1.165) is 18.7 Å². The average molecular weight is 893 g/mol. The molecule has 0 N–H and O–H groups in total. The van der Waals surface area contributed by atoms with Gasteiger partial charge in [0.15, 0.2) is 0 Å². The summed E-state index contributed by atoms with van der Waals surface area (Å²) in [6.45, 7) is 9.92. The first-order chi connectivity index (χ1) is 27.5. The van der Waals surface area contributed by atoms with E-state index in [1.165, 1.54) is 80.3 Å². The van der Waals surface area contributed by atoms with E-state index in [2.05, 4.69) is 103 Å². The van der Waals surface area contributed by atoms with Crippen molar-refractivity contribution in [3.05, 3.63) is 126 Å². The Hall–Kier alpha value is -2.28. The molecule has 5 aromatic carbocycles. The zero-order valence-corrected chi connectivity index (χ0v) is 37.7. The van der Waals surface area contributed by atoms with Crippen molar-refractivity contribution in [2.24, 2.45) is 0 Å². The zero-order chi connectivity index (χ0) is 38.7. The van der Waals surface area contributed by atoms with Gasteiger partial charge in [-0.3, -0.25) is 0 Å². The van der Waals surface area contributed by atoms with Crippen LogP contribution >= 0.6 is 27.3 Å². The molecule has 1 heterocycles. The van der Waals surface area contributed by atoms with Crippen molar-refractivity contribution in [2.75, 3.05) is 22.9 Å². The van der Waals surface area contributed by atoms with Crippen molar-refractivity contribution in [3.8, 4) is 0 Å². The minimum atomic E-state index is -1.61. The molecule has 2 radical (unpaired) electrons. The molecule has 4 fully saturated rings. The van der Waals surface area contributed by atoms with Crippen LogP contribution in [0.25, 0.3) is 21.5 Å². The molecule has 3 aliphatic carbocycles. The molecule has 1 saturated heterocycles. The summed E-state index contributed by atoms with van der Waals surface area (Å²) in [5.41, 5.74) is 9.81. The van der Waals surface area contributed by atoms with Gasteiger partial charge in [0.05, 0.1) is 0 Å². The van der Waals surface area contributed by atoms with Crippen LogP contribution in [0.5, 0.6) is 0 Å². The van der Waals surface area contributed by atoms with Gasteiger partial charge < -0.3 is 9.80 Å². The third-order valence-electron chi connectivity index (χ3n) is 12.5. The standard InChI is InChI=1S/C25H22N2.C18H33P.C7H6.2ClH.Ru/c1-18-11-13-20-7-3-5-9-22(20)24(18)26-15-16-27(17-26)25-19(2)12-14-21-8-4-6-10-23(21)25;1-4-10-16(11-5-1)19(17-12-6-2-7-13-17)18-14-8-3-9-15-18;1-7-5-3-2-4-6-7;;;/h3-14H,15-16H2,1-2H3;16-18H,1-15H2;1-6H;2*1H;/q;;;;;+2/p-2. The monoisotopic (exact) mass is 892 g/mol. The molecule has 4 aliphatic rings. The molecule has 5 aromatic rings. The van der Waals surface area contributed by atoms with Gasteiger partial charge in [0.2, 0.25) is 6.67 Å². The first kappa shape index (κ1) is 41.9. The van der Waals surface area contributed by atoms with Crippen LogP contribution in [0, 0.1) is 20.5 Å². The molecule has 9 rings (SSSR count). The van der Waals surface area contributed by atoms with Gasteiger partial charge in [0, 0.05) is 35.2 Å². The second-order valence-electron chi connectivity index (χ2n) is 16.3. The molecule has 0 atom stereocenters. The molecule has 2 nitrogen and oxygen atoms in total. The van der Waals surface area contributed by atoms with Crippen molar-refractivity contribution < 1.29 is 13.5 Å². The topological polar surface area (TPSA) is 6.48 Å². The van der Waals surface area contributed by atoms with Crippen LogP contribution in [-0.4, -0.2) is 34.7 Å². The summed E-state index contributed by atoms with van der Waals surface area (Å²) in [5.74, 6) is 0. The van der Waals surface area contributed by atoms with Crippen molar-refractivity contribution in [1.29, 1.82) is 0 Å². The van der Waals surface area contributed by atoms with E-state index in [4.69, 9.17) is 19.4 Å². The van der Waals surface area contributed by atoms with Crippen LogP contribution in [-0.2, 0) is 13.5 Å². The zero-order valence-electron chi connectivity index (χ0n) is 33.6. The molecule has 0 aromatic heterocycles. The Morgan fingerprint density at radius 2 is 0.911 bits per heavy atom. The second-order valence-corrected chi connectivity index (χ2v) is 25.2. The van der Waals surface area contributed by atoms with Gasteiger partial charge in [-0.25, -0.2) is 0 Å². The van der Waals surface area contributed by atoms with Crippen molar-refractivity contribution in [1.82, 2.24) is 0 Å². The maximum absolute atomic E-state index is 5.67. The van der Waals surface area contributed by atoms with Crippen LogP contribution in [0.15, 0.2) is 103 Å². The normalized spacial score (nSPS) is 18.7. The molecule has 0 bridgehead atoms. The van der Waals surface area contributed by atoms with E-state index in [9.17, 15) is 0 Å². The number of hydrogen-bond acceptors (Lipinski definition) is 2. The van der Waals surface area contributed by atoms with Crippen LogP contribution in [0.1, 0.15) is 113 Å². The number of fused-ring (bicyclic) bond motifs is 2. The van der Waals surface area contributed by atoms with Crippen molar-refractivity contribution >= 4 is 64.8 Å². The quantitative estimate of drug-likeness (QED) is 0.124. The van der Waals surface area contributed by atoms with Gasteiger partial charge in [0.1, 0.15) is 0 Å². The van der Waals surface area contributed by atoms with Crippen molar-refractivity contribution in [2.45, 2.75) is 127 Å². The summed E-state index contributed by atoms with van der Waals surface area (Å²) in [7, 11) is 11.7. The minimum absolute atomic E-state index is 0.385. The van der Waals surface area contributed by atoms with Gasteiger partial charge in [-0.05, 0) is 91.2 Å². The fourth-order valence-corrected chi connectivity index (χ4v) is 16.4. The fourth-order valence-electron chi connectivity index (χ4n) is 9.86. The number of halogens is 2. The van der Waals surface area contributed by atoms with E-state index in [0.29, 0.717) is 7.92 Å². The Morgan fingerprint density at radius 1 is 0.518 bits per heavy atom. The number of benzene rings is 5. The Kier molecular flexibility index (Phi) is 15.8. The summed E-state index contributed by atoms with van der Waals surface area (Å²) in [6.07, 6.45) is 23.6. The molecule has 6 heteroatoms. The van der Waals surface area contributed by atoms with Crippen LogP contribution < -0.4 is 9.80 Å². The summed E-state index contributed by atoms with van der Waals surface area (Å²) < 4.78 is 1.92. The average Bonchev–Trinajstić information content (AvgIpc) is 3.72. The molecule has 3 saturated carbocycles. The molecule has 56 heavy (non-hydrogen) atoms. The number of anilines is 2. The summed E-state index contributed by atoms with van der Waals surface area (Å²) in [5, 5.41) is 5.14. The molecule has 0 amide bonds. The van der Waals surface area contributed by atoms with E-state index >= 15 is 0 Å². The number of aryl methyl sites for hydroxylation is 2. The summed E-state index contributed by atoms with van der Waals surface area (Å²) in [4.78, 5) is 4.58. The predicted molar refractivity (Wildman–Crippen MR) is 246 cm³/mol. The van der Waals surface area contributed by atoms with E-state index in [-0.39, 0.29) is 0 Å². The number of nitrogens with zero attached hydrogens (tertiary/aromatic N) is 2. The van der Waals surface area contributed by atoms with Gasteiger partial charge >= 0.3 is 73.4 Å². The molecule has 298 valence electrons. The van der Waals surface area contributed by atoms with E-state index in [1.54, 1.807) is 77.0 Å². The van der Waals surface area contributed by atoms with Gasteiger partial charge in [-0.15, -0.1) is 0 Å². The molecule has 1 aliphatic heterocycles. The van der Waals surface area contributed by atoms with Crippen LogP contribution in [0.2, 0.25) is 0 Å². The van der Waals surface area contributed by atoms with E-state index in [1.807, 2.05) is 34.9 Å². The van der Waals surface area contributed by atoms with Crippen LogP contribution in [0.3, 0.4) is 0 Å². The Bertz CT molecular complexity index is 1880. The van der Waals surface area contributed by atoms with Crippen LogP contribution in [0.4, 0.5) is 11.4 Å². The summed E-state index contributed by atoms with van der Waals surface area (Å²) in [6, 6.07) is 36.0. The third kappa shape index (κ3) is 10.9. The molecular weight excluding hydrogens is 832 g/mol. The first-order valence-electron chi connectivity index (χ1n) is 21.4. The van der Waals surface area contributed by atoms with E-state index < -0.39 is 13.5 Å². The predicted octanol–water partition coefficient (Wildman–Crippen LogP) is 15.2. The van der Waals surface area contributed by atoms with Gasteiger partial charge in [-0.2, -0.15) is 0 Å². The Labute approximate surface area is 352 Å². The molecular formula is C50H61Cl2N2PRu. The third-order valence-corrected chi connectivity index (χ3v) is 18.5. The van der Waals surface area contributed by atoms with Gasteiger partial charge in [0.25, 0.3) is 0 Å². The van der Waals surface area contributed by atoms with Crippen molar-refractivity contribution in [3.63, 3.8) is 0 Å². The Balaban J connectivity index is 0.000000144. The second kappa shape index (κ2) is 21.1. The SMILES string of the molecule is C1CCC(P(C2CCCCC2)C2CCCCC2)CC1.Cc1ccc2ccccc2c1N1[C]N(c2c(C)ccc3ccccc23)CC1.[Cl][Ru]([Cl])=[CH]c1ccccc1. The maximum atomic E-state index is 5.67.